The van der Waals surface area contributed by atoms with Gasteiger partial charge in [0.25, 0.3) is 0 Å². The van der Waals surface area contributed by atoms with Crippen molar-refractivity contribution in [3.8, 4) is 11.5 Å². The van der Waals surface area contributed by atoms with Gasteiger partial charge < -0.3 is 20.1 Å². The molecule has 1 aromatic carbocycles. The fraction of sp³-hybridized carbons (Fsp3) is 0.125. The summed E-state index contributed by atoms with van der Waals surface area (Å²) in [5, 5.41) is 13.4. The van der Waals surface area contributed by atoms with Gasteiger partial charge in [0.2, 0.25) is 0 Å². The van der Waals surface area contributed by atoms with Gasteiger partial charge in [-0.2, -0.15) is 0 Å². The van der Waals surface area contributed by atoms with Crippen LogP contribution in [0.5, 0.6) is 11.5 Å². The average Bonchev–Trinajstić information content (AvgIpc) is 2.46. The van der Waals surface area contributed by atoms with Crippen LogP contribution in [0.1, 0.15) is 0 Å². The number of rotatable bonds is 1. The summed E-state index contributed by atoms with van der Waals surface area (Å²) in [7, 11) is 1.49. The highest BCUT2D eigenvalue weighted by Crippen LogP contribution is 2.33. The first-order valence-corrected chi connectivity index (χ1v) is 3.64. The van der Waals surface area contributed by atoms with E-state index in [2.05, 4.69) is 5.16 Å². The summed E-state index contributed by atoms with van der Waals surface area (Å²) in [6.45, 7) is 0. The second kappa shape index (κ2) is 3.63. The van der Waals surface area contributed by atoms with Crippen molar-refractivity contribution in [1.29, 1.82) is 0 Å². The van der Waals surface area contributed by atoms with Crippen LogP contribution >= 0.6 is 12.4 Å². The Morgan fingerprint density at radius 2 is 2.21 bits per heavy atom. The lowest BCUT2D eigenvalue weighted by Gasteiger charge is -2.00. The van der Waals surface area contributed by atoms with E-state index in [9.17, 15) is 5.11 Å². The number of nitrogens with zero attached hydrogens (tertiary/aromatic N) is 1. The van der Waals surface area contributed by atoms with E-state index >= 15 is 0 Å². The van der Waals surface area contributed by atoms with Crippen molar-refractivity contribution in [3.63, 3.8) is 0 Å². The fourth-order valence-corrected chi connectivity index (χ4v) is 1.21. The minimum absolute atomic E-state index is 0. The number of methoxy groups -OCH3 is 1. The molecule has 0 aliphatic carbocycles. The van der Waals surface area contributed by atoms with Crippen LogP contribution in [-0.4, -0.2) is 17.4 Å². The minimum Gasteiger partial charge on any atom is -0.508 e. The Balaban J connectivity index is 0.000000980. The Morgan fingerprint density at radius 1 is 1.50 bits per heavy atom. The molecule has 0 aliphatic rings. The molecule has 0 spiro atoms. The van der Waals surface area contributed by atoms with E-state index in [1.807, 2.05) is 0 Å². The summed E-state index contributed by atoms with van der Waals surface area (Å²) in [5.41, 5.74) is 5.95. The monoisotopic (exact) mass is 216 g/mol. The summed E-state index contributed by atoms with van der Waals surface area (Å²) < 4.78 is 9.86. The highest BCUT2D eigenvalue weighted by atomic mass is 35.5. The zero-order valence-corrected chi connectivity index (χ0v) is 8.17. The van der Waals surface area contributed by atoms with Crippen LogP contribution in [0, 0.1) is 0 Å². The second-order valence-electron chi connectivity index (χ2n) is 2.59. The number of aromatic nitrogens is 1. The molecule has 0 unspecified atom stereocenters. The lowest BCUT2D eigenvalue weighted by molar-refractivity contribution is 0.411. The van der Waals surface area contributed by atoms with E-state index in [0.29, 0.717) is 16.7 Å². The van der Waals surface area contributed by atoms with Crippen LogP contribution in [-0.2, 0) is 0 Å². The third-order valence-electron chi connectivity index (χ3n) is 1.77. The molecule has 0 radical (unpaired) electrons. The van der Waals surface area contributed by atoms with Gasteiger partial charge in [0.1, 0.15) is 16.9 Å². The van der Waals surface area contributed by atoms with Crippen LogP contribution < -0.4 is 10.5 Å². The summed E-state index contributed by atoms with van der Waals surface area (Å²) in [6, 6.07) is 2.89. The fourth-order valence-electron chi connectivity index (χ4n) is 1.21. The number of hydrogen-bond donors (Lipinski definition) is 2. The number of hydrogen-bond acceptors (Lipinski definition) is 5. The van der Waals surface area contributed by atoms with Crippen molar-refractivity contribution < 1.29 is 14.4 Å². The smallest absolute Gasteiger partial charge is 0.178 e. The zero-order chi connectivity index (χ0) is 9.42. The molecule has 1 heterocycles. The summed E-state index contributed by atoms with van der Waals surface area (Å²) in [5.74, 6) is 0.765. The molecule has 3 N–H and O–H groups in total. The van der Waals surface area contributed by atoms with Gasteiger partial charge in [-0.3, -0.25) is 0 Å². The first-order chi connectivity index (χ1) is 6.22. The average molecular weight is 217 g/mol. The lowest BCUT2D eigenvalue weighted by atomic mass is 10.2. The van der Waals surface area contributed by atoms with E-state index < -0.39 is 0 Å². The van der Waals surface area contributed by atoms with Crippen LogP contribution in [0.15, 0.2) is 16.7 Å². The van der Waals surface area contributed by atoms with Gasteiger partial charge in [-0.05, 0) is 0 Å². The number of nitrogens with two attached hydrogens (primary N) is 1. The lowest BCUT2D eigenvalue weighted by Crippen LogP contribution is -1.88. The molecule has 0 fully saturated rings. The first kappa shape index (κ1) is 10.5. The first-order valence-electron chi connectivity index (χ1n) is 3.64. The van der Waals surface area contributed by atoms with Gasteiger partial charge >= 0.3 is 0 Å². The predicted molar refractivity (Wildman–Crippen MR) is 53.9 cm³/mol. The number of anilines is 1. The van der Waals surface area contributed by atoms with Gasteiger partial charge in [0.05, 0.1) is 7.11 Å². The van der Waals surface area contributed by atoms with Gasteiger partial charge in [0.15, 0.2) is 11.4 Å². The number of fused-ring (bicyclic) bond motifs is 1. The molecule has 5 nitrogen and oxygen atoms in total. The number of phenols is 1. The number of halogens is 1. The summed E-state index contributed by atoms with van der Waals surface area (Å²) >= 11 is 0. The molecule has 0 bridgehead atoms. The number of ether oxygens (including phenoxy) is 1. The van der Waals surface area contributed by atoms with E-state index in [4.69, 9.17) is 15.0 Å². The van der Waals surface area contributed by atoms with Gasteiger partial charge in [-0.1, -0.05) is 5.16 Å². The molecule has 0 amide bonds. The molecular weight excluding hydrogens is 208 g/mol. The Bertz CT molecular complexity index is 455. The topological polar surface area (TPSA) is 81.5 Å². The van der Waals surface area contributed by atoms with E-state index in [1.54, 1.807) is 0 Å². The predicted octanol–water partition coefficient (Wildman–Crippen LogP) is 1.55. The van der Waals surface area contributed by atoms with Crippen molar-refractivity contribution in [3.05, 3.63) is 12.1 Å². The largest absolute Gasteiger partial charge is 0.508 e. The molecule has 2 rings (SSSR count). The number of phenolic OH excluding ortho intramolecular Hbond substituents is 1. The third-order valence-corrected chi connectivity index (χ3v) is 1.77. The Morgan fingerprint density at radius 3 is 2.86 bits per heavy atom. The van der Waals surface area contributed by atoms with Crippen LogP contribution in [0.25, 0.3) is 11.0 Å². The highest BCUT2D eigenvalue weighted by Gasteiger charge is 2.12. The zero-order valence-electron chi connectivity index (χ0n) is 7.35. The third kappa shape index (κ3) is 1.42. The molecule has 2 aromatic rings. The Labute approximate surface area is 85.8 Å². The van der Waals surface area contributed by atoms with Gasteiger partial charge in [0, 0.05) is 12.1 Å². The maximum Gasteiger partial charge on any atom is 0.178 e. The standard InChI is InChI=1S/C8H8N2O3.ClH/c1-12-5-2-4(11)3-6-7(5)8(9)10-13-6;/h2-3,11H,1H3,(H2,9,10);1H. The van der Waals surface area contributed by atoms with Crippen LogP contribution in [0.4, 0.5) is 5.82 Å². The molecule has 76 valence electrons. The molecule has 0 atom stereocenters. The van der Waals surface area contributed by atoms with E-state index in [1.165, 1.54) is 19.2 Å². The maximum absolute atomic E-state index is 9.24. The van der Waals surface area contributed by atoms with Crippen molar-refractivity contribution in [2.45, 2.75) is 0 Å². The minimum atomic E-state index is 0. The van der Waals surface area contributed by atoms with Gasteiger partial charge in [-0.25, -0.2) is 0 Å². The van der Waals surface area contributed by atoms with E-state index in [-0.39, 0.29) is 24.0 Å². The molecule has 6 heteroatoms. The SMILES string of the molecule is COc1cc(O)cc2onc(N)c12.Cl. The molecule has 0 aliphatic heterocycles. The number of nitrogen functional groups attached to an aromatic ring is 1. The van der Waals surface area contributed by atoms with E-state index in [0.717, 1.165) is 0 Å². The maximum atomic E-state index is 9.24. The summed E-state index contributed by atoms with van der Waals surface area (Å²) in [4.78, 5) is 0. The highest BCUT2D eigenvalue weighted by molar-refractivity contribution is 5.93. The van der Waals surface area contributed by atoms with Crippen LogP contribution in [0.3, 0.4) is 0 Å². The molecule has 0 saturated carbocycles. The second-order valence-corrected chi connectivity index (χ2v) is 2.59. The summed E-state index contributed by atoms with van der Waals surface area (Å²) in [6.07, 6.45) is 0. The molecule has 1 aromatic heterocycles. The van der Waals surface area contributed by atoms with Crippen LogP contribution in [0.2, 0.25) is 0 Å². The van der Waals surface area contributed by atoms with Gasteiger partial charge in [-0.15, -0.1) is 12.4 Å². The number of benzene rings is 1. The molecular formula is C8H9ClN2O3. The molecule has 14 heavy (non-hydrogen) atoms. The Kier molecular flexibility index (Phi) is 2.71. The molecule has 0 saturated heterocycles. The quantitative estimate of drug-likeness (QED) is 0.756. The normalized spacial score (nSPS) is 9.79. The van der Waals surface area contributed by atoms with Crippen molar-refractivity contribution in [2.24, 2.45) is 0 Å². The Hall–Kier alpha value is -1.62. The number of aromatic hydroxyl groups is 1. The van der Waals surface area contributed by atoms with Crippen molar-refractivity contribution in [2.75, 3.05) is 12.8 Å². The van der Waals surface area contributed by atoms with Crippen molar-refractivity contribution >= 4 is 29.2 Å². The van der Waals surface area contributed by atoms with Crippen molar-refractivity contribution in [1.82, 2.24) is 5.16 Å².